The monoisotopic (exact) mass is 916 g/mol. The van der Waals surface area contributed by atoms with Crippen LogP contribution in [0.15, 0.2) is 291 Å². The lowest BCUT2D eigenvalue weighted by molar-refractivity contribution is 1.18. The van der Waals surface area contributed by atoms with Crippen molar-refractivity contribution in [3.8, 4) is 72.4 Å². The number of aromatic nitrogens is 1. The highest BCUT2D eigenvalue weighted by Crippen LogP contribution is 2.46. The highest BCUT2D eigenvalue weighted by Gasteiger charge is 2.20. The molecule has 2 nitrogen and oxygen atoms in total. The third kappa shape index (κ3) is 7.82. The zero-order valence-corrected chi connectivity index (χ0v) is 39.6. The number of rotatable bonds is 10. The molecule has 0 fully saturated rings. The first-order valence-electron chi connectivity index (χ1n) is 24.7. The molecule has 13 aromatic rings. The number of anilines is 3. The Balaban J connectivity index is 0.954. The molecule has 0 bridgehead atoms. The summed E-state index contributed by atoms with van der Waals surface area (Å²) in [5.41, 5.74) is 21.0. The predicted octanol–water partition coefficient (Wildman–Crippen LogP) is 19.4. The Bertz CT molecular complexity index is 4080. The highest BCUT2D eigenvalue weighted by molar-refractivity contribution is 6.10. The summed E-state index contributed by atoms with van der Waals surface area (Å²) in [7, 11) is 0. The van der Waals surface area contributed by atoms with Gasteiger partial charge in [0.1, 0.15) is 0 Å². The smallest absolute Gasteiger partial charge is 0.0541 e. The summed E-state index contributed by atoms with van der Waals surface area (Å²) in [6.07, 6.45) is 0. The third-order valence-corrected chi connectivity index (χ3v) is 14.2. The zero-order valence-electron chi connectivity index (χ0n) is 39.6. The Hall–Kier alpha value is -9.50. The van der Waals surface area contributed by atoms with Gasteiger partial charge in [-0.2, -0.15) is 0 Å². The van der Waals surface area contributed by atoms with E-state index in [4.69, 9.17) is 0 Å². The maximum Gasteiger partial charge on any atom is 0.0541 e. The van der Waals surface area contributed by atoms with Gasteiger partial charge in [0.15, 0.2) is 0 Å². The van der Waals surface area contributed by atoms with Crippen molar-refractivity contribution in [2.45, 2.75) is 0 Å². The summed E-state index contributed by atoms with van der Waals surface area (Å²) in [5.74, 6) is 0. The largest absolute Gasteiger partial charge is 0.310 e. The highest BCUT2D eigenvalue weighted by atomic mass is 15.1. The van der Waals surface area contributed by atoms with Gasteiger partial charge in [-0.15, -0.1) is 0 Å². The fourth-order valence-corrected chi connectivity index (χ4v) is 10.8. The topological polar surface area (TPSA) is 8.17 Å². The molecule has 0 saturated heterocycles. The van der Waals surface area contributed by atoms with E-state index in [1.807, 2.05) is 0 Å². The lowest BCUT2D eigenvalue weighted by Crippen LogP contribution is -2.10. The van der Waals surface area contributed by atoms with E-state index in [-0.39, 0.29) is 0 Å². The number of hydrogen-bond acceptors (Lipinski definition) is 1. The number of hydrogen-bond donors (Lipinski definition) is 0. The molecule has 0 amide bonds. The van der Waals surface area contributed by atoms with Gasteiger partial charge in [-0.05, 0) is 150 Å². The average molecular weight is 917 g/mol. The SMILES string of the molecule is c1ccc(-c2ccccc2-c2c(-c3ccccc3)cccc2-c2ccc(N(c3cccc(-c4ccc5ccccc5c4)c3)c3cccc(-c4ccc5c(c4)c4ccccc4n5-c4ccccc4)c3)cc2)cc1. The Labute approximate surface area is 420 Å². The van der Waals surface area contributed by atoms with Crippen molar-refractivity contribution >= 4 is 49.6 Å². The second-order valence-corrected chi connectivity index (χ2v) is 18.5. The van der Waals surface area contributed by atoms with Gasteiger partial charge in [0.05, 0.1) is 11.0 Å². The second kappa shape index (κ2) is 18.4. The molecule has 13 rings (SSSR count). The van der Waals surface area contributed by atoms with Crippen LogP contribution in [0.4, 0.5) is 17.1 Å². The van der Waals surface area contributed by atoms with Crippen molar-refractivity contribution in [2.24, 2.45) is 0 Å². The van der Waals surface area contributed by atoms with Crippen molar-refractivity contribution in [3.63, 3.8) is 0 Å². The van der Waals surface area contributed by atoms with Crippen LogP contribution >= 0.6 is 0 Å². The molecule has 0 saturated carbocycles. The van der Waals surface area contributed by atoms with Crippen LogP contribution in [0.25, 0.3) is 105 Å². The summed E-state index contributed by atoms with van der Waals surface area (Å²) >= 11 is 0. The first-order chi connectivity index (χ1) is 35.7. The van der Waals surface area contributed by atoms with Gasteiger partial charge >= 0.3 is 0 Å². The summed E-state index contributed by atoms with van der Waals surface area (Å²) in [6, 6.07) is 106. The minimum absolute atomic E-state index is 1.07. The Morgan fingerprint density at radius 3 is 1.39 bits per heavy atom. The van der Waals surface area contributed by atoms with E-state index < -0.39 is 0 Å². The van der Waals surface area contributed by atoms with Gasteiger partial charge in [-0.1, -0.05) is 218 Å². The second-order valence-electron chi connectivity index (χ2n) is 18.5. The molecule has 0 atom stereocenters. The fourth-order valence-electron chi connectivity index (χ4n) is 10.8. The van der Waals surface area contributed by atoms with E-state index in [1.165, 1.54) is 82.6 Å². The minimum atomic E-state index is 1.07. The van der Waals surface area contributed by atoms with Gasteiger partial charge in [0.25, 0.3) is 0 Å². The van der Waals surface area contributed by atoms with Crippen LogP contribution in [0, 0.1) is 0 Å². The number of nitrogens with zero attached hydrogens (tertiary/aromatic N) is 2. The van der Waals surface area contributed by atoms with Gasteiger partial charge < -0.3 is 9.47 Å². The van der Waals surface area contributed by atoms with Crippen LogP contribution < -0.4 is 4.90 Å². The van der Waals surface area contributed by atoms with Crippen LogP contribution in [0.3, 0.4) is 0 Å². The molecule has 0 unspecified atom stereocenters. The predicted molar refractivity (Wildman–Crippen MR) is 306 cm³/mol. The lowest BCUT2D eigenvalue weighted by atomic mass is 9.84. The van der Waals surface area contributed by atoms with Gasteiger partial charge in [-0.25, -0.2) is 0 Å². The van der Waals surface area contributed by atoms with Crippen molar-refractivity contribution in [1.29, 1.82) is 0 Å². The normalized spacial score (nSPS) is 11.3. The molecular weight excluding hydrogens is 869 g/mol. The zero-order chi connectivity index (χ0) is 47.8. The first kappa shape index (κ1) is 42.6. The Kier molecular flexibility index (Phi) is 10.9. The van der Waals surface area contributed by atoms with Crippen LogP contribution in [-0.2, 0) is 0 Å². The molecule has 0 spiro atoms. The lowest BCUT2D eigenvalue weighted by Gasteiger charge is -2.27. The molecule has 12 aromatic carbocycles. The molecule has 0 N–H and O–H groups in total. The fraction of sp³-hybridized carbons (Fsp3) is 0. The molecule has 2 heteroatoms. The first-order valence-corrected chi connectivity index (χ1v) is 24.7. The summed E-state index contributed by atoms with van der Waals surface area (Å²) in [6.45, 7) is 0. The van der Waals surface area contributed by atoms with Gasteiger partial charge in [0.2, 0.25) is 0 Å². The molecule has 0 aliphatic rings. The summed E-state index contributed by atoms with van der Waals surface area (Å²) < 4.78 is 2.38. The number of fused-ring (bicyclic) bond motifs is 4. The van der Waals surface area contributed by atoms with Crippen molar-refractivity contribution in [3.05, 3.63) is 291 Å². The maximum absolute atomic E-state index is 2.41. The molecular formula is C70H48N2. The van der Waals surface area contributed by atoms with E-state index >= 15 is 0 Å². The van der Waals surface area contributed by atoms with E-state index in [1.54, 1.807) is 0 Å². The van der Waals surface area contributed by atoms with Crippen molar-refractivity contribution < 1.29 is 0 Å². The van der Waals surface area contributed by atoms with Crippen molar-refractivity contribution in [2.75, 3.05) is 4.90 Å². The van der Waals surface area contributed by atoms with E-state index in [0.29, 0.717) is 0 Å². The minimum Gasteiger partial charge on any atom is -0.310 e. The maximum atomic E-state index is 2.41. The van der Waals surface area contributed by atoms with Crippen LogP contribution in [-0.4, -0.2) is 4.57 Å². The molecule has 1 aromatic heterocycles. The van der Waals surface area contributed by atoms with E-state index in [2.05, 4.69) is 301 Å². The quantitative estimate of drug-likeness (QED) is 0.133. The summed E-state index contributed by atoms with van der Waals surface area (Å²) in [5, 5.41) is 4.93. The Morgan fingerprint density at radius 1 is 0.236 bits per heavy atom. The third-order valence-electron chi connectivity index (χ3n) is 14.2. The van der Waals surface area contributed by atoms with Gasteiger partial charge in [0, 0.05) is 33.5 Å². The molecule has 0 aliphatic carbocycles. The van der Waals surface area contributed by atoms with Crippen LogP contribution in [0.1, 0.15) is 0 Å². The average Bonchev–Trinajstić information content (AvgIpc) is 3.80. The van der Waals surface area contributed by atoms with Crippen LogP contribution in [0.2, 0.25) is 0 Å². The van der Waals surface area contributed by atoms with E-state index in [9.17, 15) is 0 Å². The number of benzene rings is 12. The molecule has 1 heterocycles. The van der Waals surface area contributed by atoms with Crippen LogP contribution in [0.5, 0.6) is 0 Å². The molecule has 0 aliphatic heterocycles. The Morgan fingerprint density at radius 2 is 0.694 bits per heavy atom. The van der Waals surface area contributed by atoms with Gasteiger partial charge in [-0.3, -0.25) is 0 Å². The number of para-hydroxylation sites is 2. The molecule has 0 radical (unpaired) electrons. The van der Waals surface area contributed by atoms with E-state index in [0.717, 1.165) is 39.4 Å². The molecule has 338 valence electrons. The van der Waals surface area contributed by atoms with Crippen molar-refractivity contribution in [1.82, 2.24) is 4.57 Å². The standard InChI is InChI=1S/C70H48N2/c1-4-20-50(21-5-1)62-31-12-13-33-66(62)70-63(51-22-6-2-7-23-51)34-18-35-64(70)52-39-42-59(43-40-52)71(60-29-16-25-54(46-60)56-38-37-49-19-10-11-24-53(49)45-56)61-30-17-26-55(47-61)57-41-44-69-67(48-57)65-32-14-15-36-68(65)72(69)58-27-8-3-9-28-58/h1-48H. The summed E-state index contributed by atoms with van der Waals surface area (Å²) in [4.78, 5) is 2.41. The molecule has 72 heavy (non-hydrogen) atoms.